The van der Waals surface area contributed by atoms with Gasteiger partial charge in [0.1, 0.15) is 41.4 Å². The summed E-state index contributed by atoms with van der Waals surface area (Å²) in [4.78, 5) is 0.969. The van der Waals surface area contributed by atoms with Crippen LogP contribution in [0.5, 0.6) is 0 Å². The van der Waals surface area contributed by atoms with Gasteiger partial charge < -0.3 is 28.0 Å². The molecule has 0 N–H and O–H groups in total. The first kappa shape index (κ1) is 32.2. The SMILES string of the molecule is C=C1CC(=C)OP(=O)(OC2C(Sc3ccccc3)OC(COCCCC)C(OCCCC)C2OCCCC)O1. The number of hydrogen-bond donors (Lipinski definition) is 0. The molecule has 0 aliphatic carbocycles. The average molecular weight is 585 g/mol. The third-order valence-electron chi connectivity index (χ3n) is 6.25. The van der Waals surface area contributed by atoms with Crippen molar-refractivity contribution >= 4 is 19.6 Å². The topological polar surface area (TPSA) is 81.7 Å². The molecule has 8 nitrogen and oxygen atoms in total. The van der Waals surface area contributed by atoms with Crippen LogP contribution in [0.15, 0.2) is 59.9 Å². The number of phosphoric acid groups is 1. The summed E-state index contributed by atoms with van der Waals surface area (Å²) < 4.78 is 56.5. The summed E-state index contributed by atoms with van der Waals surface area (Å²) in [5.41, 5.74) is -0.605. The van der Waals surface area contributed by atoms with Gasteiger partial charge in [-0.2, -0.15) is 0 Å². The van der Waals surface area contributed by atoms with Crippen LogP contribution in [0.2, 0.25) is 0 Å². The molecule has 3 rings (SSSR count). The first-order chi connectivity index (χ1) is 18.9. The molecule has 0 aromatic heterocycles. The number of rotatable bonds is 17. The molecule has 0 amide bonds. The first-order valence-corrected chi connectivity index (χ1v) is 16.4. The van der Waals surface area contributed by atoms with Gasteiger partial charge in [-0.3, -0.25) is 4.52 Å². The van der Waals surface area contributed by atoms with E-state index in [1.54, 1.807) is 0 Å². The highest BCUT2D eigenvalue weighted by atomic mass is 32.2. The molecule has 2 heterocycles. The Morgan fingerprint density at radius 1 is 0.872 bits per heavy atom. The molecule has 2 fully saturated rings. The molecule has 0 bridgehead atoms. The zero-order valence-corrected chi connectivity index (χ0v) is 25.3. The molecule has 5 atom stereocenters. The van der Waals surface area contributed by atoms with Crippen LogP contribution in [0.25, 0.3) is 0 Å². The Labute approximate surface area is 238 Å². The van der Waals surface area contributed by atoms with Gasteiger partial charge in [0.2, 0.25) is 0 Å². The number of hydrogen-bond acceptors (Lipinski definition) is 9. The fourth-order valence-electron chi connectivity index (χ4n) is 4.23. The van der Waals surface area contributed by atoms with E-state index in [9.17, 15) is 4.57 Å². The Kier molecular flexibility index (Phi) is 13.9. The summed E-state index contributed by atoms with van der Waals surface area (Å²) in [5, 5.41) is 0. The standard InChI is InChI=1S/C29H45O8PS/c1-6-9-17-31-21-25-26(32-18-10-7-2)27(33-19-11-8-3)28(29(34-25)39-24-15-13-12-14-16-24)37-38(30)35-22(4)20-23(5)36-38/h12-16,25-29H,4-11,17-21H2,1-3H3. The van der Waals surface area contributed by atoms with Crippen LogP contribution in [0, 0.1) is 0 Å². The number of phosphoric ester groups is 1. The molecule has 0 spiro atoms. The lowest BCUT2D eigenvalue weighted by molar-refractivity contribution is -0.234. The van der Waals surface area contributed by atoms with E-state index in [1.165, 1.54) is 11.8 Å². The fraction of sp³-hybridized carbons (Fsp3) is 0.655. The molecule has 1 aromatic rings. The lowest BCUT2D eigenvalue weighted by atomic mass is 9.99. The molecule has 220 valence electrons. The van der Waals surface area contributed by atoms with E-state index in [4.69, 9.17) is 32.5 Å². The smallest absolute Gasteiger partial charge is 0.400 e. The van der Waals surface area contributed by atoms with Crippen molar-refractivity contribution in [3.63, 3.8) is 0 Å². The largest absolute Gasteiger partial charge is 0.587 e. The van der Waals surface area contributed by atoms with Crippen LogP contribution >= 0.6 is 19.6 Å². The van der Waals surface area contributed by atoms with Crippen LogP contribution in [0.1, 0.15) is 65.7 Å². The molecule has 2 aliphatic heterocycles. The van der Waals surface area contributed by atoms with Crippen molar-refractivity contribution in [1.29, 1.82) is 0 Å². The van der Waals surface area contributed by atoms with Crippen molar-refractivity contribution in [2.24, 2.45) is 0 Å². The van der Waals surface area contributed by atoms with Gasteiger partial charge in [-0.15, -0.1) is 0 Å². The Morgan fingerprint density at radius 2 is 1.46 bits per heavy atom. The van der Waals surface area contributed by atoms with Crippen molar-refractivity contribution < 1.29 is 37.1 Å². The summed E-state index contributed by atoms with van der Waals surface area (Å²) in [6, 6.07) is 9.86. The minimum atomic E-state index is -4.08. The molecule has 39 heavy (non-hydrogen) atoms. The van der Waals surface area contributed by atoms with E-state index < -0.39 is 37.7 Å². The minimum absolute atomic E-state index is 0.257. The van der Waals surface area contributed by atoms with Crippen LogP contribution < -0.4 is 0 Å². The molecule has 1 aromatic carbocycles. The van der Waals surface area contributed by atoms with Gasteiger partial charge in [-0.05, 0) is 31.4 Å². The Hall–Kier alpha value is -1.32. The Morgan fingerprint density at radius 3 is 2.08 bits per heavy atom. The van der Waals surface area contributed by atoms with Gasteiger partial charge in [0, 0.05) is 24.7 Å². The molecule has 2 aliphatic rings. The monoisotopic (exact) mass is 584 g/mol. The number of thioether (sulfide) groups is 1. The summed E-state index contributed by atoms with van der Waals surface area (Å²) in [5.74, 6) is 0.556. The summed E-state index contributed by atoms with van der Waals surface area (Å²) in [6.07, 6.45) is 3.60. The van der Waals surface area contributed by atoms with E-state index in [-0.39, 0.29) is 17.9 Å². The normalized spacial score (nSPS) is 26.7. The fourth-order valence-corrected chi connectivity index (χ4v) is 6.85. The zero-order valence-electron chi connectivity index (χ0n) is 23.6. The van der Waals surface area contributed by atoms with Gasteiger partial charge in [-0.25, -0.2) is 4.57 Å². The molecule has 5 unspecified atom stereocenters. The van der Waals surface area contributed by atoms with E-state index in [0.717, 1.165) is 43.4 Å². The summed E-state index contributed by atoms with van der Waals surface area (Å²) >= 11 is 1.47. The maximum atomic E-state index is 13.7. The second-order valence-electron chi connectivity index (χ2n) is 9.73. The molecule has 2 saturated heterocycles. The van der Waals surface area contributed by atoms with E-state index in [2.05, 4.69) is 33.9 Å². The van der Waals surface area contributed by atoms with Crippen molar-refractivity contribution in [3.8, 4) is 0 Å². The van der Waals surface area contributed by atoms with Crippen molar-refractivity contribution in [3.05, 3.63) is 55.0 Å². The van der Waals surface area contributed by atoms with Crippen molar-refractivity contribution in [1.82, 2.24) is 0 Å². The quantitative estimate of drug-likeness (QED) is 0.135. The molecular formula is C29H45O8PS. The summed E-state index contributed by atoms with van der Waals surface area (Å²) in [6.45, 7) is 16.0. The van der Waals surface area contributed by atoms with Gasteiger partial charge in [0.15, 0.2) is 0 Å². The van der Waals surface area contributed by atoms with Gasteiger partial charge >= 0.3 is 7.82 Å². The molecular weight excluding hydrogens is 539 g/mol. The van der Waals surface area contributed by atoms with E-state index in [0.29, 0.717) is 26.4 Å². The van der Waals surface area contributed by atoms with Gasteiger partial charge in [0.05, 0.1) is 13.0 Å². The van der Waals surface area contributed by atoms with Crippen LogP contribution in [-0.2, 0) is 37.1 Å². The van der Waals surface area contributed by atoms with Crippen molar-refractivity contribution in [2.75, 3.05) is 26.4 Å². The maximum absolute atomic E-state index is 13.7. The molecule has 0 saturated carbocycles. The minimum Gasteiger partial charge on any atom is -0.400 e. The third-order valence-corrected chi connectivity index (χ3v) is 8.88. The highest BCUT2D eigenvalue weighted by Gasteiger charge is 2.53. The predicted octanol–water partition coefficient (Wildman–Crippen LogP) is 7.65. The van der Waals surface area contributed by atoms with E-state index in [1.807, 2.05) is 30.3 Å². The Balaban J connectivity index is 1.95. The summed E-state index contributed by atoms with van der Waals surface area (Å²) in [7, 11) is -4.08. The van der Waals surface area contributed by atoms with Gasteiger partial charge in [0.25, 0.3) is 0 Å². The third kappa shape index (κ3) is 10.2. The highest BCUT2D eigenvalue weighted by Crippen LogP contribution is 2.59. The average Bonchev–Trinajstić information content (AvgIpc) is 2.89. The highest BCUT2D eigenvalue weighted by molar-refractivity contribution is 7.99. The zero-order chi connectivity index (χ0) is 28.1. The lowest BCUT2D eigenvalue weighted by Gasteiger charge is -2.46. The second kappa shape index (κ2) is 16.8. The van der Waals surface area contributed by atoms with Crippen LogP contribution in [0.3, 0.4) is 0 Å². The first-order valence-electron chi connectivity index (χ1n) is 14.1. The Bertz CT molecular complexity index is 909. The number of benzene rings is 1. The van der Waals surface area contributed by atoms with E-state index >= 15 is 0 Å². The lowest BCUT2D eigenvalue weighted by Crippen LogP contribution is -2.60. The maximum Gasteiger partial charge on any atom is 0.587 e. The number of ether oxygens (including phenoxy) is 4. The predicted molar refractivity (Wildman–Crippen MR) is 154 cm³/mol. The molecule has 0 radical (unpaired) electrons. The molecule has 10 heteroatoms. The van der Waals surface area contributed by atoms with Crippen molar-refractivity contribution in [2.45, 2.75) is 100 Å². The van der Waals surface area contributed by atoms with Gasteiger partial charge in [-0.1, -0.05) is 83.2 Å². The number of unbranched alkanes of at least 4 members (excludes halogenated alkanes) is 3. The van der Waals surface area contributed by atoms with Crippen LogP contribution in [0.4, 0.5) is 0 Å². The second-order valence-corrected chi connectivity index (χ2v) is 12.4. The van der Waals surface area contributed by atoms with Crippen LogP contribution in [-0.4, -0.2) is 56.3 Å².